The number of hydrogen-bond donors (Lipinski definition) is 2. The third kappa shape index (κ3) is 3.01. The summed E-state index contributed by atoms with van der Waals surface area (Å²) < 4.78 is 0. The van der Waals surface area contributed by atoms with Crippen molar-refractivity contribution in [3.8, 4) is 0 Å². The lowest BCUT2D eigenvalue weighted by Crippen LogP contribution is -2.51. The summed E-state index contributed by atoms with van der Waals surface area (Å²) in [5.41, 5.74) is -0.129. The van der Waals surface area contributed by atoms with Crippen molar-refractivity contribution in [1.82, 2.24) is 5.32 Å². The van der Waals surface area contributed by atoms with Crippen molar-refractivity contribution in [2.24, 2.45) is 0 Å². The van der Waals surface area contributed by atoms with Crippen LogP contribution in [0.2, 0.25) is 5.02 Å². The molecule has 1 unspecified atom stereocenters. The summed E-state index contributed by atoms with van der Waals surface area (Å²) in [4.78, 5) is 23.2. The van der Waals surface area contributed by atoms with Crippen LogP contribution in [-0.4, -0.2) is 22.5 Å². The Balaban J connectivity index is 3.02. The monoisotopic (exact) mass is 269 g/mol. The molecule has 0 saturated heterocycles. The second kappa shape index (κ2) is 5.40. The zero-order valence-corrected chi connectivity index (χ0v) is 11.3. The van der Waals surface area contributed by atoms with E-state index in [4.69, 9.17) is 16.7 Å². The topological polar surface area (TPSA) is 66.4 Å². The van der Waals surface area contributed by atoms with Crippen LogP contribution < -0.4 is 5.32 Å². The van der Waals surface area contributed by atoms with Crippen LogP contribution in [0.25, 0.3) is 0 Å². The summed E-state index contributed by atoms with van der Waals surface area (Å²) in [5, 5.41) is 12.1. The molecule has 1 aromatic carbocycles. The smallest absolute Gasteiger partial charge is 0.329 e. The Kier molecular flexibility index (Phi) is 4.35. The fourth-order valence-corrected chi connectivity index (χ4v) is 1.62. The number of carboxylic acid groups (broad SMARTS) is 1. The fraction of sp³-hybridized carbons (Fsp3) is 0.385. The number of nitrogens with one attached hydrogen (secondary N) is 1. The molecule has 4 nitrogen and oxygen atoms in total. The average Bonchev–Trinajstić information content (AvgIpc) is 2.31. The molecule has 0 fully saturated rings. The molecule has 0 radical (unpaired) electrons. The van der Waals surface area contributed by atoms with E-state index in [9.17, 15) is 9.59 Å². The predicted octanol–water partition coefficient (Wildman–Crippen LogP) is 2.63. The molecule has 0 aliphatic rings. The minimum atomic E-state index is -1.27. The number of aliphatic carboxylic acids is 1. The summed E-state index contributed by atoms with van der Waals surface area (Å²) in [7, 11) is 0. The highest BCUT2D eigenvalue weighted by molar-refractivity contribution is 6.31. The Labute approximate surface area is 111 Å². The van der Waals surface area contributed by atoms with Gasteiger partial charge in [0, 0.05) is 10.6 Å². The molecular formula is C13H16ClNO3. The molecule has 1 amide bonds. The van der Waals surface area contributed by atoms with Crippen LogP contribution in [0.4, 0.5) is 0 Å². The zero-order valence-electron chi connectivity index (χ0n) is 10.6. The molecule has 0 spiro atoms. The number of aryl methyl sites for hydroxylation is 1. The van der Waals surface area contributed by atoms with Crippen LogP contribution in [0.1, 0.15) is 36.2 Å². The molecule has 1 aromatic rings. The van der Waals surface area contributed by atoms with E-state index in [-0.39, 0.29) is 0 Å². The quantitative estimate of drug-likeness (QED) is 0.883. The van der Waals surface area contributed by atoms with Crippen molar-refractivity contribution in [1.29, 1.82) is 0 Å². The van der Waals surface area contributed by atoms with Gasteiger partial charge in [0.1, 0.15) is 5.54 Å². The number of benzene rings is 1. The third-order valence-corrected chi connectivity index (χ3v) is 3.25. The Morgan fingerprint density at radius 2 is 2.06 bits per heavy atom. The minimum absolute atomic E-state index is 0.299. The Morgan fingerprint density at radius 1 is 1.44 bits per heavy atom. The fourth-order valence-electron chi connectivity index (χ4n) is 1.45. The molecule has 98 valence electrons. The number of halogens is 1. The number of rotatable bonds is 4. The summed E-state index contributed by atoms with van der Waals surface area (Å²) in [6.45, 7) is 4.96. The van der Waals surface area contributed by atoms with Crippen LogP contribution in [0.5, 0.6) is 0 Å². The lowest BCUT2D eigenvalue weighted by atomic mass is 9.98. The largest absolute Gasteiger partial charge is 0.480 e. The van der Waals surface area contributed by atoms with Gasteiger partial charge in [0.2, 0.25) is 0 Å². The van der Waals surface area contributed by atoms with Gasteiger partial charge in [-0.2, -0.15) is 0 Å². The number of carbonyl (C=O) groups is 2. The maximum Gasteiger partial charge on any atom is 0.329 e. The zero-order chi connectivity index (χ0) is 13.9. The average molecular weight is 270 g/mol. The second-order valence-electron chi connectivity index (χ2n) is 4.40. The summed E-state index contributed by atoms with van der Waals surface area (Å²) in [6, 6.07) is 4.94. The molecule has 0 saturated carbocycles. The van der Waals surface area contributed by atoms with Gasteiger partial charge in [-0.15, -0.1) is 0 Å². The van der Waals surface area contributed by atoms with E-state index in [1.807, 2.05) is 0 Å². The van der Waals surface area contributed by atoms with Gasteiger partial charge in [0.15, 0.2) is 0 Å². The lowest BCUT2D eigenvalue weighted by molar-refractivity contribution is -0.143. The first-order valence-corrected chi connectivity index (χ1v) is 6.00. The van der Waals surface area contributed by atoms with Crippen molar-refractivity contribution in [3.63, 3.8) is 0 Å². The maximum atomic E-state index is 12.1. The molecular weight excluding hydrogens is 254 g/mol. The Bertz CT molecular complexity index is 487. The first-order chi connectivity index (χ1) is 8.30. The molecule has 18 heavy (non-hydrogen) atoms. The predicted molar refractivity (Wildman–Crippen MR) is 70.0 cm³/mol. The van der Waals surface area contributed by atoms with Crippen molar-refractivity contribution in [2.75, 3.05) is 0 Å². The highest BCUT2D eigenvalue weighted by Crippen LogP contribution is 2.17. The molecule has 0 heterocycles. The van der Waals surface area contributed by atoms with Crippen LogP contribution in [0.15, 0.2) is 18.2 Å². The SMILES string of the molecule is CCC(C)(NC(=O)c1cc(Cl)ccc1C)C(=O)O. The van der Waals surface area contributed by atoms with E-state index in [1.54, 1.807) is 26.0 Å². The Hall–Kier alpha value is -1.55. The van der Waals surface area contributed by atoms with E-state index in [0.717, 1.165) is 5.56 Å². The lowest BCUT2D eigenvalue weighted by Gasteiger charge is -2.25. The van der Waals surface area contributed by atoms with Gasteiger partial charge in [-0.05, 0) is 38.0 Å². The van der Waals surface area contributed by atoms with Gasteiger partial charge >= 0.3 is 5.97 Å². The Morgan fingerprint density at radius 3 is 2.56 bits per heavy atom. The van der Waals surface area contributed by atoms with E-state index in [2.05, 4.69) is 5.32 Å². The van der Waals surface area contributed by atoms with Gasteiger partial charge < -0.3 is 10.4 Å². The first kappa shape index (κ1) is 14.5. The normalized spacial score (nSPS) is 13.8. The third-order valence-electron chi connectivity index (χ3n) is 3.01. The first-order valence-electron chi connectivity index (χ1n) is 5.62. The van der Waals surface area contributed by atoms with Gasteiger partial charge in [0.05, 0.1) is 0 Å². The number of hydrogen-bond acceptors (Lipinski definition) is 2. The maximum absolute atomic E-state index is 12.1. The van der Waals surface area contributed by atoms with Crippen LogP contribution >= 0.6 is 11.6 Å². The molecule has 1 rings (SSSR count). The van der Waals surface area contributed by atoms with E-state index < -0.39 is 17.4 Å². The molecule has 0 aliphatic carbocycles. The molecule has 0 bridgehead atoms. The molecule has 2 N–H and O–H groups in total. The van der Waals surface area contributed by atoms with E-state index in [1.165, 1.54) is 13.0 Å². The van der Waals surface area contributed by atoms with Crippen molar-refractivity contribution < 1.29 is 14.7 Å². The number of carbonyl (C=O) groups excluding carboxylic acids is 1. The number of carboxylic acids is 1. The van der Waals surface area contributed by atoms with Gasteiger partial charge in [-0.1, -0.05) is 24.6 Å². The molecule has 5 heteroatoms. The van der Waals surface area contributed by atoms with Crippen molar-refractivity contribution in [3.05, 3.63) is 34.3 Å². The van der Waals surface area contributed by atoms with Crippen molar-refractivity contribution in [2.45, 2.75) is 32.7 Å². The summed E-state index contributed by atoms with van der Waals surface area (Å²) >= 11 is 5.83. The summed E-state index contributed by atoms with van der Waals surface area (Å²) in [5.74, 6) is -1.49. The van der Waals surface area contributed by atoms with Crippen LogP contribution in [0.3, 0.4) is 0 Å². The van der Waals surface area contributed by atoms with E-state index >= 15 is 0 Å². The highest BCUT2D eigenvalue weighted by Gasteiger charge is 2.33. The minimum Gasteiger partial charge on any atom is -0.480 e. The van der Waals surface area contributed by atoms with Crippen molar-refractivity contribution >= 4 is 23.5 Å². The van der Waals surface area contributed by atoms with Gasteiger partial charge in [-0.3, -0.25) is 4.79 Å². The van der Waals surface area contributed by atoms with Crippen LogP contribution in [-0.2, 0) is 4.79 Å². The summed E-state index contributed by atoms with van der Waals surface area (Å²) in [6.07, 6.45) is 0.299. The van der Waals surface area contributed by atoms with Gasteiger partial charge in [-0.25, -0.2) is 4.79 Å². The van der Waals surface area contributed by atoms with Gasteiger partial charge in [0.25, 0.3) is 5.91 Å². The number of amides is 1. The highest BCUT2D eigenvalue weighted by atomic mass is 35.5. The molecule has 0 aromatic heterocycles. The van der Waals surface area contributed by atoms with E-state index in [0.29, 0.717) is 17.0 Å². The second-order valence-corrected chi connectivity index (χ2v) is 4.84. The molecule has 0 aliphatic heterocycles. The molecule has 1 atom stereocenters. The standard InChI is InChI=1S/C13H16ClNO3/c1-4-13(3,12(17)18)15-11(16)10-7-9(14)6-5-8(10)2/h5-7H,4H2,1-3H3,(H,15,16)(H,17,18). The van der Waals surface area contributed by atoms with Crippen LogP contribution in [0, 0.1) is 6.92 Å².